The minimum Gasteiger partial charge on any atom is -0.360 e. The number of amides is 1. The first-order valence-corrected chi connectivity index (χ1v) is 8.35. The SMILES string of the molecule is Cc1cc(C)n(CCNC(=O)c2c(-c3ccccc3Cl)noc2C)n1. The zero-order chi connectivity index (χ0) is 18.0. The van der Waals surface area contributed by atoms with Gasteiger partial charge >= 0.3 is 0 Å². The van der Waals surface area contributed by atoms with Gasteiger partial charge in [-0.15, -0.1) is 0 Å². The highest BCUT2D eigenvalue weighted by Crippen LogP contribution is 2.30. The molecule has 0 aliphatic heterocycles. The van der Waals surface area contributed by atoms with Gasteiger partial charge < -0.3 is 9.84 Å². The summed E-state index contributed by atoms with van der Waals surface area (Å²) in [5, 5.41) is 11.8. The lowest BCUT2D eigenvalue weighted by Crippen LogP contribution is -2.28. The molecule has 3 aromatic rings. The maximum absolute atomic E-state index is 12.6. The topological polar surface area (TPSA) is 73.0 Å². The molecule has 0 aliphatic rings. The van der Waals surface area contributed by atoms with Gasteiger partial charge in [-0.05, 0) is 32.9 Å². The number of hydrogen-bond donors (Lipinski definition) is 1. The zero-order valence-corrected chi connectivity index (χ0v) is 15.1. The fraction of sp³-hybridized carbons (Fsp3) is 0.278. The molecule has 0 bridgehead atoms. The normalized spacial score (nSPS) is 10.9. The minimum atomic E-state index is -0.241. The number of carbonyl (C=O) groups excluding carboxylic acids is 1. The van der Waals surface area contributed by atoms with Crippen molar-refractivity contribution >= 4 is 17.5 Å². The summed E-state index contributed by atoms with van der Waals surface area (Å²) in [7, 11) is 0. The van der Waals surface area contributed by atoms with Crippen LogP contribution in [0.1, 0.15) is 27.5 Å². The van der Waals surface area contributed by atoms with Crippen LogP contribution in [0, 0.1) is 20.8 Å². The molecule has 0 fully saturated rings. The van der Waals surface area contributed by atoms with Gasteiger partial charge in [-0.1, -0.05) is 35.0 Å². The van der Waals surface area contributed by atoms with E-state index in [0.29, 0.717) is 40.7 Å². The first-order chi connectivity index (χ1) is 12.0. The first kappa shape index (κ1) is 17.2. The Bertz CT molecular complexity index is 914. The van der Waals surface area contributed by atoms with Crippen LogP contribution in [0.2, 0.25) is 5.02 Å². The van der Waals surface area contributed by atoms with Crippen molar-refractivity contribution in [2.24, 2.45) is 0 Å². The third kappa shape index (κ3) is 3.58. The van der Waals surface area contributed by atoms with Crippen molar-refractivity contribution < 1.29 is 9.32 Å². The van der Waals surface area contributed by atoms with Gasteiger partial charge in [-0.2, -0.15) is 5.10 Å². The molecule has 130 valence electrons. The van der Waals surface area contributed by atoms with Gasteiger partial charge in [0.25, 0.3) is 5.91 Å². The molecule has 6 nitrogen and oxygen atoms in total. The van der Waals surface area contributed by atoms with Crippen LogP contribution < -0.4 is 5.32 Å². The third-order valence-corrected chi connectivity index (χ3v) is 4.26. The van der Waals surface area contributed by atoms with Crippen LogP contribution in [0.3, 0.4) is 0 Å². The van der Waals surface area contributed by atoms with Crippen molar-refractivity contribution in [1.82, 2.24) is 20.3 Å². The molecule has 25 heavy (non-hydrogen) atoms. The van der Waals surface area contributed by atoms with Crippen LogP contribution in [0.15, 0.2) is 34.9 Å². The highest BCUT2D eigenvalue weighted by Gasteiger charge is 2.22. The summed E-state index contributed by atoms with van der Waals surface area (Å²) in [6, 6.07) is 9.24. The van der Waals surface area contributed by atoms with E-state index in [1.165, 1.54) is 0 Å². The lowest BCUT2D eigenvalue weighted by Gasteiger charge is -2.08. The molecule has 3 rings (SSSR count). The van der Waals surface area contributed by atoms with E-state index in [1.807, 2.05) is 42.8 Å². The van der Waals surface area contributed by atoms with E-state index in [9.17, 15) is 4.79 Å². The highest BCUT2D eigenvalue weighted by atomic mass is 35.5. The van der Waals surface area contributed by atoms with Gasteiger partial charge in [-0.25, -0.2) is 0 Å². The Hall–Kier alpha value is -2.60. The molecule has 1 aromatic carbocycles. The summed E-state index contributed by atoms with van der Waals surface area (Å²) in [4.78, 5) is 12.6. The lowest BCUT2D eigenvalue weighted by molar-refractivity contribution is 0.0951. The number of nitrogens with one attached hydrogen (secondary N) is 1. The molecule has 0 spiro atoms. The summed E-state index contributed by atoms with van der Waals surface area (Å²) < 4.78 is 7.09. The number of benzene rings is 1. The van der Waals surface area contributed by atoms with E-state index in [1.54, 1.807) is 13.0 Å². The maximum atomic E-state index is 12.6. The van der Waals surface area contributed by atoms with E-state index in [0.717, 1.165) is 11.4 Å². The van der Waals surface area contributed by atoms with Crippen LogP contribution in [0.25, 0.3) is 11.3 Å². The standard InChI is InChI=1S/C18H19ClN4O2/c1-11-10-12(2)23(21-11)9-8-20-18(24)16-13(3)25-22-17(16)14-6-4-5-7-15(14)19/h4-7,10H,8-9H2,1-3H3,(H,20,24). The van der Waals surface area contributed by atoms with E-state index in [4.69, 9.17) is 16.1 Å². The largest absolute Gasteiger partial charge is 0.360 e. The van der Waals surface area contributed by atoms with Crippen molar-refractivity contribution in [1.29, 1.82) is 0 Å². The highest BCUT2D eigenvalue weighted by molar-refractivity contribution is 6.33. The monoisotopic (exact) mass is 358 g/mol. The second-order valence-corrected chi connectivity index (χ2v) is 6.26. The fourth-order valence-electron chi connectivity index (χ4n) is 2.74. The average Bonchev–Trinajstić information content (AvgIpc) is 3.10. The Morgan fingerprint density at radius 2 is 2.04 bits per heavy atom. The second-order valence-electron chi connectivity index (χ2n) is 5.85. The maximum Gasteiger partial charge on any atom is 0.257 e. The molecule has 1 amide bonds. The van der Waals surface area contributed by atoms with Crippen molar-refractivity contribution in [3.05, 3.63) is 58.1 Å². The number of nitrogens with zero attached hydrogens (tertiary/aromatic N) is 3. The second kappa shape index (κ2) is 7.11. The summed E-state index contributed by atoms with van der Waals surface area (Å²) in [5.41, 5.74) is 3.54. The minimum absolute atomic E-state index is 0.241. The Morgan fingerprint density at radius 1 is 1.28 bits per heavy atom. The molecule has 0 saturated carbocycles. The van der Waals surface area contributed by atoms with Crippen molar-refractivity contribution in [2.45, 2.75) is 27.3 Å². The van der Waals surface area contributed by atoms with Crippen LogP contribution in [-0.4, -0.2) is 27.4 Å². The molecule has 0 unspecified atom stereocenters. The van der Waals surface area contributed by atoms with Crippen LogP contribution in [-0.2, 0) is 6.54 Å². The number of hydrogen-bond acceptors (Lipinski definition) is 4. The Labute approximate surface area is 150 Å². The van der Waals surface area contributed by atoms with Crippen LogP contribution in [0.5, 0.6) is 0 Å². The number of halogens is 1. The van der Waals surface area contributed by atoms with Crippen LogP contribution in [0.4, 0.5) is 0 Å². The fourth-order valence-corrected chi connectivity index (χ4v) is 2.97. The van der Waals surface area contributed by atoms with Crippen molar-refractivity contribution in [2.75, 3.05) is 6.54 Å². The molecule has 0 aliphatic carbocycles. The Morgan fingerprint density at radius 3 is 2.72 bits per heavy atom. The van der Waals surface area contributed by atoms with Crippen LogP contribution >= 0.6 is 11.6 Å². The van der Waals surface area contributed by atoms with E-state index >= 15 is 0 Å². The lowest BCUT2D eigenvalue weighted by atomic mass is 10.1. The summed E-state index contributed by atoms with van der Waals surface area (Å²) >= 11 is 6.22. The quantitative estimate of drug-likeness (QED) is 0.757. The Kier molecular flexibility index (Phi) is 4.90. The van der Waals surface area contributed by atoms with Gasteiger partial charge in [0.15, 0.2) is 0 Å². The molecular weight excluding hydrogens is 340 g/mol. The number of aromatic nitrogens is 3. The molecule has 2 heterocycles. The van der Waals surface area contributed by atoms with Gasteiger partial charge in [0.1, 0.15) is 17.0 Å². The van der Waals surface area contributed by atoms with Gasteiger partial charge in [0, 0.05) is 17.8 Å². The summed E-state index contributed by atoms with van der Waals surface area (Å²) in [5.74, 6) is 0.216. The number of aryl methyl sites for hydroxylation is 3. The van der Waals surface area contributed by atoms with Gasteiger partial charge in [-0.3, -0.25) is 9.48 Å². The Balaban J connectivity index is 1.76. The van der Waals surface area contributed by atoms with Crippen molar-refractivity contribution in [3.63, 3.8) is 0 Å². The molecule has 0 radical (unpaired) electrons. The molecule has 7 heteroatoms. The summed E-state index contributed by atoms with van der Waals surface area (Å²) in [6.07, 6.45) is 0. The third-order valence-electron chi connectivity index (χ3n) is 3.93. The van der Waals surface area contributed by atoms with E-state index in [2.05, 4.69) is 15.6 Å². The van der Waals surface area contributed by atoms with E-state index < -0.39 is 0 Å². The smallest absolute Gasteiger partial charge is 0.257 e. The average molecular weight is 359 g/mol. The van der Waals surface area contributed by atoms with Crippen molar-refractivity contribution in [3.8, 4) is 11.3 Å². The first-order valence-electron chi connectivity index (χ1n) is 7.98. The zero-order valence-electron chi connectivity index (χ0n) is 14.3. The van der Waals surface area contributed by atoms with Gasteiger partial charge in [0.05, 0.1) is 17.3 Å². The van der Waals surface area contributed by atoms with E-state index in [-0.39, 0.29) is 5.91 Å². The molecule has 0 saturated heterocycles. The predicted octanol–water partition coefficient (Wildman–Crippen LogP) is 3.55. The predicted molar refractivity (Wildman–Crippen MR) is 95.7 cm³/mol. The number of carbonyl (C=O) groups is 1. The molecule has 0 atom stereocenters. The molecule has 1 N–H and O–H groups in total. The molecule has 2 aromatic heterocycles. The number of rotatable bonds is 5. The van der Waals surface area contributed by atoms with Gasteiger partial charge in [0.2, 0.25) is 0 Å². The summed E-state index contributed by atoms with van der Waals surface area (Å²) in [6.45, 7) is 6.69. The molecular formula is C18H19ClN4O2.